The summed E-state index contributed by atoms with van der Waals surface area (Å²) in [5, 5.41) is 0. The lowest BCUT2D eigenvalue weighted by Gasteiger charge is -2.16. The number of likely N-dealkylation sites (tertiary alicyclic amines) is 1. The summed E-state index contributed by atoms with van der Waals surface area (Å²) in [5.74, 6) is 0.581. The molecule has 0 radical (unpaired) electrons. The number of rotatable bonds is 3. The maximum atomic E-state index is 12.0. The van der Waals surface area contributed by atoms with Gasteiger partial charge in [0, 0.05) is 0 Å². The molecule has 1 aliphatic rings. The molecule has 16 heavy (non-hydrogen) atoms. The first-order valence-electron chi connectivity index (χ1n) is 6.06. The van der Waals surface area contributed by atoms with Crippen molar-refractivity contribution in [3.8, 4) is 0 Å². The maximum absolute atomic E-state index is 12.0. The molecule has 1 heterocycles. The Morgan fingerprint density at radius 1 is 1.31 bits per heavy atom. The molecule has 0 aromatic heterocycles. The van der Waals surface area contributed by atoms with Crippen LogP contribution in [0.4, 0.5) is 4.39 Å². The number of hydrogen-bond acceptors (Lipinski definition) is 1. The van der Waals surface area contributed by atoms with Gasteiger partial charge in [0.25, 0.3) is 0 Å². The summed E-state index contributed by atoms with van der Waals surface area (Å²) in [7, 11) is 2.17. The minimum atomic E-state index is 0.581. The van der Waals surface area contributed by atoms with Crippen molar-refractivity contribution in [2.24, 2.45) is 5.92 Å². The Balaban J connectivity index is 2.70. The minimum Gasteiger partial charge on any atom is -0.306 e. The van der Waals surface area contributed by atoms with Crippen LogP contribution >= 0.6 is 0 Å². The summed E-state index contributed by atoms with van der Waals surface area (Å²) in [5.41, 5.74) is 1.26. The zero-order valence-corrected chi connectivity index (χ0v) is 10.3. The predicted octanol–water partition coefficient (Wildman–Crippen LogP) is 3.70. The molecule has 90 valence electrons. The summed E-state index contributed by atoms with van der Waals surface area (Å²) in [6.07, 6.45) is 11.7. The van der Waals surface area contributed by atoms with E-state index in [1.165, 1.54) is 37.5 Å². The highest BCUT2D eigenvalue weighted by molar-refractivity contribution is 5.26. The first-order chi connectivity index (χ1) is 7.77. The van der Waals surface area contributed by atoms with Gasteiger partial charge in [0.15, 0.2) is 0 Å². The molecule has 1 nitrogen and oxygen atoms in total. The van der Waals surface area contributed by atoms with Crippen molar-refractivity contribution in [3.63, 3.8) is 0 Å². The van der Waals surface area contributed by atoms with E-state index < -0.39 is 0 Å². The molecule has 1 saturated heterocycles. The molecule has 0 amide bonds. The Kier molecular flexibility index (Phi) is 6.09. The van der Waals surface area contributed by atoms with Gasteiger partial charge in [-0.05, 0) is 63.9 Å². The van der Waals surface area contributed by atoms with Crippen molar-refractivity contribution >= 4 is 0 Å². The van der Waals surface area contributed by atoms with E-state index in [4.69, 9.17) is 0 Å². The van der Waals surface area contributed by atoms with Gasteiger partial charge >= 0.3 is 0 Å². The van der Waals surface area contributed by atoms with Crippen LogP contribution in [0.2, 0.25) is 0 Å². The second-order valence-electron chi connectivity index (χ2n) is 4.42. The molecule has 0 bridgehead atoms. The molecule has 2 heteroatoms. The Morgan fingerprint density at radius 2 is 2.12 bits per heavy atom. The van der Waals surface area contributed by atoms with E-state index in [1.807, 2.05) is 19.1 Å². The van der Waals surface area contributed by atoms with Crippen LogP contribution < -0.4 is 0 Å². The normalized spacial score (nSPS) is 25.4. The largest absolute Gasteiger partial charge is 0.306 e. The van der Waals surface area contributed by atoms with E-state index in [0.717, 1.165) is 6.54 Å². The van der Waals surface area contributed by atoms with Gasteiger partial charge in [-0.2, -0.15) is 0 Å². The van der Waals surface area contributed by atoms with Gasteiger partial charge < -0.3 is 4.90 Å². The molecule has 0 aliphatic carbocycles. The smallest absolute Gasteiger partial charge is 0.0867 e. The van der Waals surface area contributed by atoms with E-state index >= 15 is 0 Å². The summed E-state index contributed by atoms with van der Waals surface area (Å²) in [4.78, 5) is 2.37. The van der Waals surface area contributed by atoms with Crippen molar-refractivity contribution in [1.82, 2.24) is 4.90 Å². The van der Waals surface area contributed by atoms with Crippen LogP contribution in [0, 0.1) is 5.92 Å². The molecule has 0 spiro atoms. The Bertz CT molecular complexity index is 278. The van der Waals surface area contributed by atoms with Crippen LogP contribution in [0.5, 0.6) is 0 Å². The summed E-state index contributed by atoms with van der Waals surface area (Å²) >= 11 is 0. The standard InChI is InChI=1S/C14H22FN/c1-3-6-13(7-4-10-15)14-8-5-11-16(2)12-9-14/h3-4,6-7,10,14H,5,8-9,11-12H2,1-2H3/b6-3-,10-4+,13-7+. The second kappa shape index (κ2) is 7.39. The van der Waals surface area contributed by atoms with Crippen LogP contribution in [0.1, 0.15) is 26.2 Å². The van der Waals surface area contributed by atoms with E-state index in [9.17, 15) is 4.39 Å². The summed E-state index contributed by atoms with van der Waals surface area (Å²) < 4.78 is 12.0. The Labute approximate surface area is 98.3 Å². The Morgan fingerprint density at radius 3 is 2.81 bits per heavy atom. The van der Waals surface area contributed by atoms with Crippen LogP contribution in [-0.2, 0) is 0 Å². The highest BCUT2D eigenvalue weighted by Crippen LogP contribution is 2.25. The monoisotopic (exact) mass is 223 g/mol. The number of nitrogens with zero attached hydrogens (tertiary/aromatic N) is 1. The molecule has 1 rings (SSSR count). The van der Waals surface area contributed by atoms with Crippen LogP contribution in [-0.4, -0.2) is 25.0 Å². The fourth-order valence-electron chi connectivity index (χ4n) is 2.24. The Hall–Kier alpha value is -0.890. The van der Waals surface area contributed by atoms with Gasteiger partial charge in [-0.3, -0.25) is 0 Å². The van der Waals surface area contributed by atoms with Gasteiger partial charge in [0.1, 0.15) is 0 Å². The minimum absolute atomic E-state index is 0.581. The number of allylic oxidation sites excluding steroid dienone is 5. The molecule has 1 aliphatic heterocycles. The van der Waals surface area contributed by atoms with Crippen molar-refractivity contribution in [2.75, 3.05) is 20.1 Å². The molecular weight excluding hydrogens is 201 g/mol. The van der Waals surface area contributed by atoms with Crippen LogP contribution in [0.3, 0.4) is 0 Å². The fraction of sp³-hybridized carbons (Fsp3) is 0.571. The number of hydrogen-bond donors (Lipinski definition) is 0. The van der Waals surface area contributed by atoms with Gasteiger partial charge in [-0.1, -0.05) is 18.2 Å². The zero-order chi connectivity index (χ0) is 11.8. The van der Waals surface area contributed by atoms with E-state index in [2.05, 4.69) is 18.0 Å². The van der Waals surface area contributed by atoms with Crippen molar-refractivity contribution < 1.29 is 4.39 Å². The van der Waals surface area contributed by atoms with Crippen LogP contribution in [0.15, 0.2) is 36.2 Å². The van der Waals surface area contributed by atoms with Crippen LogP contribution in [0.25, 0.3) is 0 Å². The van der Waals surface area contributed by atoms with Crippen molar-refractivity contribution in [3.05, 3.63) is 36.2 Å². The first kappa shape index (κ1) is 13.2. The molecule has 0 saturated carbocycles. The third kappa shape index (κ3) is 4.31. The van der Waals surface area contributed by atoms with Crippen molar-refractivity contribution in [1.29, 1.82) is 0 Å². The average Bonchev–Trinajstić information content (AvgIpc) is 2.49. The highest BCUT2D eigenvalue weighted by Gasteiger charge is 2.16. The molecule has 1 atom stereocenters. The SMILES string of the molecule is C\C=C/C(=C\C=C\F)C1CCCN(C)CC1. The summed E-state index contributed by atoms with van der Waals surface area (Å²) in [6.45, 7) is 4.33. The van der Waals surface area contributed by atoms with Gasteiger partial charge in [-0.15, -0.1) is 0 Å². The quantitative estimate of drug-likeness (QED) is 0.659. The molecule has 1 fully saturated rings. The fourth-order valence-corrected chi connectivity index (χ4v) is 2.24. The van der Waals surface area contributed by atoms with Crippen molar-refractivity contribution in [2.45, 2.75) is 26.2 Å². The molecular formula is C14H22FN. The highest BCUT2D eigenvalue weighted by atomic mass is 19.1. The average molecular weight is 223 g/mol. The van der Waals surface area contributed by atoms with Gasteiger partial charge in [-0.25, -0.2) is 4.39 Å². The zero-order valence-electron chi connectivity index (χ0n) is 10.3. The van der Waals surface area contributed by atoms with Gasteiger partial charge in [0.2, 0.25) is 0 Å². The lowest BCUT2D eigenvalue weighted by atomic mass is 9.91. The molecule has 0 N–H and O–H groups in total. The summed E-state index contributed by atoms with van der Waals surface area (Å²) in [6, 6.07) is 0. The lowest BCUT2D eigenvalue weighted by Crippen LogP contribution is -2.19. The molecule has 1 unspecified atom stereocenters. The third-order valence-corrected chi connectivity index (χ3v) is 3.14. The number of halogens is 1. The maximum Gasteiger partial charge on any atom is 0.0867 e. The molecule has 0 aromatic carbocycles. The molecule has 0 aromatic rings. The first-order valence-corrected chi connectivity index (χ1v) is 6.06. The lowest BCUT2D eigenvalue weighted by molar-refractivity contribution is 0.345. The third-order valence-electron chi connectivity index (χ3n) is 3.14. The predicted molar refractivity (Wildman–Crippen MR) is 68.0 cm³/mol. The van der Waals surface area contributed by atoms with E-state index in [-0.39, 0.29) is 0 Å². The topological polar surface area (TPSA) is 3.24 Å². The second-order valence-corrected chi connectivity index (χ2v) is 4.42. The van der Waals surface area contributed by atoms with Gasteiger partial charge in [0.05, 0.1) is 6.33 Å². The van der Waals surface area contributed by atoms with E-state index in [0.29, 0.717) is 12.2 Å². The van der Waals surface area contributed by atoms with E-state index in [1.54, 1.807) is 0 Å².